The molecule has 0 rings (SSSR count). The minimum atomic E-state index is -1.04. The number of aliphatic hydroxyl groups excluding tert-OH is 2. The maximum Gasteiger partial charge on any atom is 0.311 e. The Bertz CT molecular complexity index is 132. The molecule has 0 bridgehead atoms. The molecular weight excluding hydrogens is 160 g/mol. The topological polar surface area (TPSA) is 77.8 Å². The van der Waals surface area contributed by atoms with Crippen LogP contribution >= 0.6 is 0 Å². The van der Waals surface area contributed by atoms with Crippen molar-refractivity contribution in [3.63, 3.8) is 0 Å². The largest absolute Gasteiger partial charge is 0.481 e. The molecule has 0 amide bonds. The molecule has 0 aromatic carbocycles. The monoisotopic (exact) mass is 175 g/mol. The highest BCUT2D eigenvalue weighted by Crippen LogP contribution is 2.16. The summed E-state index contributed by atoms with van der Waals surface area (Å²) in [5.74, 6) is -0.878. The highest BCUT2D eigenvalue weighted by molar-refractivity contribution is 5.82. The van der Waals surface area contributed by atoms with E-state index in [9.17, 15) is 4.79 Å². The van der Waals surface area contributed by atoms with E-state index in [2.05, 4.69) is 0 Å². The van der Waals surface area contributed by atoms with E-state index in [-0.39, 0.29) is 18.8 Å². The molecule has 2 unspecified atom stereocenters. The quantitative estimate of drug-likeness (QED) is 0.557. The second-order valence-corrected chi connectivity index (χ2v) is 3.01. The van der Waals surface area contributed by atoms with Crippen molar-refractivity contribution in [1.82, 2.24) is 0 Å². The van der Waals surface area contributed by atoms with Crippen LogP contribution in [-0.4, -0.2) is 33.5 Å². The number of carboxylic acid groups (broad SMARTS) is 1. The van der Waals surface area contributed by atoms with Gasteiger partial charge in [-0.1, -0.05) is 0 Å². The lowest BCUT2D eigenvalue weighted by atomic mass is 9.96. The Balaban J connectivity index is 3.96. The van der Waals surface area contributed by atoms with E-state index in [1.807, 2.05) is 0 Å². The van der Waals surface area contributed by atoms with Gasteiger partial charge in [-0.2, -0.15) is 0 Å². The Hall–Kier alpha value is -0.610. The Morgan fingerprint density at radius 1 is 1.17 bits per heavy atom. The van der Waals surface area contributed by atoms with Gasteiger partial charge in [0.15, 0.2) is 0 Å². The predicted octanol–water partition coefficient (Wildman–Crippen LogP) is 0.187. The molecule has 0 aliphatic carbocycles. The number of hydrogen-bond acceptors (Lipinski definition) is 3. The first-order valence-electron chi connectivity index (χ1n) is 3.87. The zero-order chi connectivity index (χ0) is 9.72. The minimum absolute atomic E-state index is 0.111. The number of rotatable bonds is 5. The van der Waals surface area contributed by atoms with Crippen LogP contribution in [0.1, 0.15) is 26.7 Å². The summed E-state index contributed by atoms with van der Waals surface area (Å²) in [6.07, 6.45) is -1.12. The maximum atomic E-state index is 10.5. The van der Waals surface area contributed by atoms with E-state index in [1.54, 1.807) is 0 Å². The van der Waals surface area contributed by atoms with Crippen molar-refractivity contribution in [2.45, 2.75) is 38.9 Å². The molecule has 0 aromatic rings. The Kier molecular flexibility index (Phi) is 4.85. The Morgan fingerprint density at radius 2 is 1.50 bits per heavy atom. The number of carboxylic acids is 1. The molecule has 0 spiro atoms. The lowest BCUT2D eigenvalue weighted by Crippen LogP contribution is -2.20. The predicted molar refractivity (Wildman–Crippen MR) is 43.5 cm³/mol. The van der Waals surface area contributed by atoms with E-state index >= 15 is 0 Å². The zero-order valence-electron chi connectivity index (χ0n) is 7.32. The van der Waals surface area contributed by atoms with Crippen molar-refractivity contribution in [3.05, 3.63) is 5.92 Å². The number of carbonyl (C=O) groups is 1. The van der Waals surface area contributed by atoms with Crippen molar-refractivity contribution in [3.8, 4) is 0 Å². The number of aliphatic hydroxyl groups is 2. The van der Waals surface area contributed by atoms with Crippen molar-refractivity contribution >= 4 is 5.97 Å². The summed E-state index contributed by atoms with van der Waals surface area (Å²) in [5.41, 5.74) is 0. The third kappa shape index (κ3) is 5.09. The first-order valence-corrected chi connectivity index (χ1v) is 3.87. The van der Waals surface area contributed by atoms with Gasteiger partial charge < -0.3 is 15.3 Å². The van der Waals surface area contributed by atoms with Crippen molar-refractivity contribution < 1.29 is 20.1 Å². The molecule has 0 aliphatic rings. The van der Waals surface area contributed by atoms with Gasteiger partial charge in [-0.05, 0) is 26.7 Å². The first-order chi connectivity index (χ1) is 5.43. The first kappa shape index (κ1) is 11.4. The standard InChI is InChI=1S/C8H15O4/c1-5(9)3-7(8(11)12)4-6(2)10/h5-6,9-10H,3-4H2,1-2H3,(H,11,12). The van der Waals surface area contributed by atoms with E-state index in [0.29, 0.717) is 0 Å². The highest BCUT2D eigenvalue weighted by atomic mass is 16.4. The van der Waals surface area contributed by atoms with Crippen LogP contribution < -0.4 is 0 Å². The summed E-state index contributed by atoms with van der Waals surface area (Å²) in [4.78, 5) is 10.5. The fourth-order valence-electron chi connectivity index (χ4n) is 0.971. The van der Waals surface area contributed by atoms with Gasteiger partial charge in [0.05, 0.1) is 18.1 Å². The zero-order valence-corrected chi connectivity index (χ0v) is 7.32. The van der Waals surface area contributed by atoms with Gasteiger partial charge in [-0.15, -0.1) is 0 Å². The molecule has 1 radical (unpaired) electrons. The molecule has 71 valence electrons. The fourth-order valence-corrected chi connectivity index (χ4v) is 0.971. The average Bonchev–Trinajstić information content (AvgIpc) is 1.83. The van der Waals surface area contributed by atoms with Crippen LogP contribution in [0.2, 0.25) is 0 Å². The molecule has 12 heavy (non-hydrogen) atoms. The molecule has 4 nitrogen and oxygen atoms in total. The van der Waals surface area contributed by atoms with Crippen LogP contribution in [0.25, 0.3) is 0 Å². The van der Waals surface area contributed by atoms with Crippen LogP contribution in [0.4, 0.5) is 0 Å². The van der Waals surface area contributed by atoms with Gasteiger partial charge >= 0.3 is 5.97 Å². The van der Waals surface area contributed by atoms with Crippen molar-refractivity contribution in [2.24, 2.45) is 0 Å². The maximum absolute atomic E-state index is 10.5. The van der Waals surface area contributed by atoms with Gasteiger partial charge in [-0.3, -0.25) is 4.79 Å². The lowest BCUT2D eigenvalue weighted by molar-refractivity contribution is -0.136. The normalized spacial score (nSPS) is 16.1. The number of aliphatic carboxylic acids is 1. The van der Waals surface area contributed by atoms with Crippen molar-refractivity contribution in [2.75, 3.05) is 0 Å². The van der Waals surface area contributed by atoms with Crippen LogP contribution in [0.5, 0.6) is 0 Å². The molecule has 0 heterocycles. The number of hydrogen-bond donors (Lipinski definition) is 3. The molecule has 0 aliphatic heterocycles. The molecule has 2 atom stereocenters. The van der Waals surface area contributed by atoms with Gasteiger partial charge in [0.25, 0.3) is 0 Å². The van der Waals surface area contributed by atoms with Gasteiger partial charge in [-0.25, -0.2) is 0 Å². The highest BCUT2D eigenvalue weighted by Gasteiger charge is 2.21. The van der Waals surface area contributed by atoms with Crippen molar-refractivity contribution in [1.29, 1.82) is 0 Å². The second-order valence-electron chi connectivity index (χ2n) is 3.01. The Morgan fingerprint density at radius 3 is 1.67 bits per heavy atom. The molecule has 0 saturated heterocycles. The fraction of sp³-hybridized carbons (Fsp3) is 0.750. The van der Waals surface area contributed by atoms with E-state index in [4.69, 9.17) is 15.3 Å². The van der Waals surface area contributed by atoms with Gasteiger partial charge in [0.1, 0.15) is 0 Å². The summed E-state index contributed by atoms with van der Waals surface area (Å²) in [6, 6.07) is 0. The van der Waals surface area contributed by atoms with Crippen LogP contribution in [-0.2, 0) is 4.79 Å². The molecule has 0 fully saturated rings. The molecule has 3 N–H and O–H groups in total. The molecule has 0 saturated carbocycles. The van der Waals surface area contributed by atoms with Crippen LogP contribution in [0.15, 0.2) is 0 Å². The van der Waals surface area contributed by atoms with Gasteiger partial charge in [0, 0.05) is 0 Å². The summed E-state index contributed by atoms with van der Waals surface area (Å²) in [7, 11) is 0. The second kappa shape index (κ2) is 5.11. The van der Waals surface area contributed by atoms with Crippen LogP contribution in [0.3, 0.4) is 0 Å². The summed E-state index contributed by atoms with van der Waals surface area (Å²) in [5, 5.41) is 26.4. The smallest absolute Gasteiger partial charge is 0.311 e. The SMILES string of the molecule is CC(O)C[C](CC(C)O)C(=O)O. The third-order valence-corrected chi connectivity index (χ3v) is 1.39. The molecule has 4 heteroatoms. The van der Waals surface area contributed by atoms with E-state index in [0.717, 1.165) is 0 Å². The third-order valence-electron chi connectivity index (χ3n) is 1.39. The van der Waals surface area contributed by atoms with E-state index in [1.165, 1.54) is 13.8 Å². The van der Waals surface area contributed by atoms with Gasteiger partial charge in [0.2, 0.25) is 0 Å². The molecule has 0 aromatic heterocycles. The minimum Gasteiger partial charge on any atom is -0.481 e. The van der Waals surface area contributed by atoms with E-state index < -0.39 is 18.2 Å². The molecular formula is C8H15O4. The summed E-state index contributed by atoms with van der Waals surface area (Å²) >= 11 is 0. The Labute approximate surface area is 71.8 Å². The van der Waals surface area contributed by atoms with Crippen LogP contribution in [0, 0.1) is 5.92 Å². The summed E-state index contributed by atoms with van der Waals surface area (Å²) in [6.45, 7) is 3.04. The lowest BCUT2D eigenvalue weighted by Gasteiger charge is -2.14. The average molecular weight is 175 g/mol. The summed E-state index contributed by atoms with van der Waals surface area (Å²) < 4.78 is 0.